The van der Waals surface area contributed by atoms with E-state index in [9.17, 15) is 0 Å². The van der Waals surface area contributed by atoms with E-state index in [2.05, 4.69) is 146 Å². The van der Waals surface area contributed by atoms with Crippen LogP contribution < -0.4 is 24.8 Å². The Balaban J connectivity index is 0.000000102. The molecule has 0 atom stereocenters. The number of rotatable bonds is 12. The molecule has 0 spiro atoms. The second-order valence-corrected chi connectivity index (χ2v) is 29.4. The van der Waals surface area contributed by atoms with Crippen molar-refractivity contribution in [1.29, 1.82) is 0 Å². The van der Waals surface area contributed by atoms with Crippen molar-refractivity contribution in [2.75, 3.05) is 0 Å². The Labute approximate surface area is 511 Å². The first-order chi connectivity index (χ1) is 37.5. The second kappa shape index (κ2) is 26.3. The zero-order valence-electron chi connectivity index (χ0n) is 46.5. The summed E-state index contributed by atoms with van der Waals surface area (Å²) >= 11 is 3.36. The van der Waals surface area contributed by atoms with Crippen molar-refractivity contribution >= 4 is 49.5 Å². The van der Waals surface area contributed by atoms with E-state index in [1.807, 2.05) is 0 Å². The molecule has 4 heteroatoms. The standard InChI is InChI=1S/4C16H17.2C5H8.2ClH.2Zr/c4*1-2-4-14-11(3-1)9-10-15(14)16(12-5-6-12)13-7-8-13;2*1-2-4-5-3-1;;;;/h4*1-4,9-10,12-13,16H,5-8H2;2*1-4H2;2*1H;;/q4*-1;;;;;2*+2/p-2. The van der Waals surface area contributed by atoms with Crippen LogP contribution >= 0.6 is 0 Å². The SMILES string of the molecule is [Cl-].[Cl-].[Zr+2]=[C]1CCCC1.[Zr+2]=[C]1CCCC1.c1ccc2c(C(C3CC3)C3CC3)c[cH-]c2c1.c1ccc2c(C(C3CC3)C3CC3)c[cH-]c2c1.c1ccc2c(C(C3CC3)C3CC3)c[cH-]c2c1.c1ccc2c(C(C3CC3)C3CC3)c[cH-]c2c1. The Morgan fingerprint density at radius 2 is 0.462 bits per heavy atom. The van der Waals surface area contributed by atoms with Crippen LogP contribution in [0.25, 0.3) is 43.1 Å². The predicted molar refractivity (Wildman–Crippen MR) is 318 cm³/mol. The minimum atomic E-state index is 0. The van der Waals surface area contributed by atoms with Gasteiger partial charge in [-0.2, -0.15) is 0 Å². The van der Waals surface area contributed by atoms with Crippen LogP contribution in [0.15, 0.2) is 146 Å². The van der Waals surface area contributed by atoms with Gasteiger partial charge in [0.15, 0.2) is 0 Å². The third-order valence-corrected chi connectivity index (χ3v) is 22.2. The summed E-state index contributed by atoms with van der Waals surface area (Å²) in [6, 6.07) is 54.4. The van der Waals surface area contributed by atoms with Crippen molar-refractivity contribution in [3.63, 3.8) is 0 Å². The van der Waals surface area contributed by atoms with Gasteiger partial charge < -0.3 is 24.8 Å². The molecule has 10 aliphatic carbocycles. The smallest absolute Gasteiger partial charge is 0.0430 e. The van der Waals surface area contributed by atoms with E-state index in [1.165, 1.54) is 197 Å². The maximum Gasteiger partial charge on any atom is -0.0430 e. The molecule has 0 nitrogen and oxygen atoms in total. The summed E-state index contributed by atoms with van der Waals surface area (Å²) in [5.41, 5.74) is 6.61. The van der Waals surface area contributed by atoms with Gasteiger partial charge in [-0.15, -0.1) is 187 Å². The fourth-order valence-corrected chi connectivity index (χ4v) is 16.4. The van der Waals surface area contributed by atoms with Gasteiger partial charge in [-0.25, -0.2) is 0 Å². The number of fused-ring (bicyclic) bond motifs is 4. The summed E-state index contributed by atoms with van der Waals surface area (Å²) in [5.74, 6) is 11.7. The molecule has 0 saturated heterocycles. The average molecular weight is 1230 g/mol. The minimum absolute atomic E-state index is 0. The maximum atomic E-state index is 2.39. The first-order valence-electron chi connectivity index (χ1n) is 31.2. The maximum absolute atomic E-state index is 2.39. The van der Waals surface area contributed by atoms with Gasteiger partial charge in [0.25, 0.3) is 0 Å². The fourth-order valence-electron chi connectivity index (χ4n) is 14.7. The van der Waals surface area contributed by atoms with Crippen molar-refractivity contribution in [3.8, 4) is 0 Å². The van der Waals surface area contributed by atoms with Crippen LogP contribution in [-0.4, -0.2) is 6.41 Å². The van der Waals surface area contributed by atoms with E-state index >= 15 is 0 Å². The molecule has 0 heterocycles. The second-order valence-electron chi connectivity index (χ2n) is 25.9. The van der Waals surface area contributed by atoms with Gasteiger partial charge in [0.05, 0.1) is 0 Å². The summed E-state index contributed by atoms with van der Waals surface area (Å²) < 4.78 is 3.59. The van der Waals surface area contributed by atoms with E-state index < -0.39 is 0 Å². The molecule has 78 heavy (non-hydrogen) atoms. The van der Waals surface area contributed by atoms with Gasteiger partial charge >= 0.3 is 106 Å². The fraction of sp³-hybridized carbons (Fsp3) is 0.486. The Morgan fingerprint density at radius 3 is 0.615 bits per heavy atom. The predicted octanol–water partition coefficient (Wildman–Crippen LogP) is 14.4. The quantitative estimate of drug-likeness (QED) is 0.107. The largest absolute Gasteiger partial charge is 0.150 e. The van der Waals surface area contributed by atoms with Crippen LogP contribution in [0.3, 0.4) is 0 Å². The van der Waals surface area contributed by atoms with Crippen LogP contribution in [0.5, 0.6) is 0 Å². The monoisotopic (exact) mass is 1220 g/mol. The molecule has 0 bridgehead atoms. The van der Waals surface area contributed by atoms with Crippen LogP contribution in [0, 0.1) is 47.3 Å². The Bertz CT molecular complexity index is 2740. The molecule has 8 aromatic rings. The van der Waals surface area contributed by atoms with Crippen molar-refractivity contribution in [2.45, 2.75) is 178 Å². The van der Waals surface area contributed by atoms with E-state index in [0.717, 1.165) is 71.0 Å². The van der Waals surface area contributed by atoms with Gasteiger partial charge in [-0.05, 0) is 47.3 Å². The molecular weight excluding hydrogens is 1140 g/mol. The van der Waals surface area contributed by atoms with E-state index in [-0.39, 0.29) is 24.8 Å². The molecule has 0 unspecified atom stereocenters. The molecule has 0 amide bonds. The molecule has 0 aromatic heterocycles. The van der Waals surface area contributed by atoms with Crippen molar-refractivity contribution in [3.05, 3.63) is 168 Å². The Kier molecular flexibility index (Phi) is 19.3. The van der Waals surface area contributed by atoms with E-state index in [4.69, 9.17) is 0 Å². The summed E-state index contributed by atoms with van der Waals surface area (Å²) in [6.45, 7) is 0. The third-order valence-electron chi connectivity index (χ3n) is 19.7. The van der Waals surface area contributed by atoms with Gasteiger partial charge in [0.1, 0.15) is 0 Å². The topological polar surface area (TPSA) is 0 Å². The third kappa shape index (κ3) is 14.4. The van der Waals surface area contributed by atoms with Crippen LogP contribution in [0.2, 0.25) is 0 Å². The first-order valence-corrected chi connectivity index (χ1v) is 33.7. The van der Waals surface area contributed by atoms with Crippen molar-refractivity contribution in [2.24, 2.45) is 47.3 Å². The number of hydrogen-bond donors (Lipinski definition) is 0. The Morgan fingerprint density at radius 1 is 0.282 bits per heavy atom. The summed E-state index contributed by atoms with van der Waals surface area (Å²) in [7, 11) is 0. The minimum Gasteiger partial charge on any atom is -0.150 e. The molecule has 0 aliphatic heterocycles. The van der Waals surface area contributed by atoms with Gasteiger partial charge in [0, 0.05) is 0 Å². The van der Waals surface area contributed by atoms with Crippen LogP contribution in [-0.2, 0) is 48.5 Å². The number of halogens is 2. The molecule has 0 radical (unpaired) electrons. The molecule has 8 aromatic carbocycles. The van der Waals surface area contributed by atoms with E-state index in [1.54, 1.807) is 77.1 Å². The average Bonchev–Trinajstić information content (AvgIpc) is 4.33. The normalized spacial score (nSPS) is 20.6. The molecule has 18 rings (SSSR count). The van der Waals surface area contributed by atoms with Gasteiger partial charge in [-0.1, -0.05) is 151 Å². The summed E-state index contributed by atoms with van der Waals surface area (Å²) in [5, 5.41) is 11.8. The van der Waals surface area contributed by atoms with Crippen LogP contribution in [0.1, 0.15) is 200 Å². The zero-order chi connectivity index (χ0) is 51.0. The zero-order valence-corrected chi connectivity index (χ0v) is 52.9. The van der Waals surface area contributed by atoms with Gasteiger partial charge in [-0.3, -0.25) is 0 Å². The molecule has 404 valence electrons. The van der Waals surface area contributed by atoms with Crippen molar-refractivity contribution in [1.82, 2.24) is 0 Å². The summed E-state index contributed by atoms with van der Waals surface area (Å²) in [4.78, 5) is 0. The number of hydrogen-bond acceptors (Lipinski definition) is 0. The number of benzene rings is 4. The van der Waals surface area contributed by atoms with Crippen LogP contribution in [0.4, 0.5) is 0 Å². The molecular formula is C74H84Cl2Zr2-2. The van der Waals surface area contributed by atoms with Crippen molar-refractivity contribution < 1.29 is 73.3 Å². The molecule has 10 fully saturated rings. The summed E-state index contributed by atoms with van der Waals surface area (Å²) in [6.07, 6.45) is 35.2. The molecule has 10 aliphatic rings. The first kappa shape index (κ1) is 57.2. The molecule has 10 saturated carbocycles. The molecule has 0 N–H and O–H groups in total. The Hall–Kier alpha value is -2.59. The van der Waals surface area contributed by atoms with E-state index in [0.29, 0.717) is 0 Å². The van der Waals surface area contributed by atoms with Gasteiger partial charge in [0.2, 0.25) is 0 Å².